The van der Waals surface area contributed by atoms with Crippen molar-refractivity contribution < 1.29 is 9.59 Å². The lowest BCUT2D eigenvalue weighted by molar-refractivity contribution is -0.130. The highest BCUT2D eigenvalue weighted by Crippen LogP contribution is 2.28. The number of amides is 2. The molecule has 0 aromatic carbocycles. The zero-order valence-electron chi connectivity index (χ0n) is 9.38. The van der Waals surface area contributed by atoms with Gasteiger partial charge in [0.1, 0.15) is 0 Å². The van der Waals surface area contributed by atoms with Crippen LogP contribution in [0.5, 0.6) is 0 Å². The van der Waals surface area contributed by atoms with E-state index in [0.717, 1.165) is 19.3 Å². The maximum absolute atomic E-state index is 11.5. The van der Waals surface area contributed by atoms with Gasteiger partial charge in [-0.3, -0.25) is 9.59 Å². The fourth-order valence-corrected chi connectivity index (χ4v) is 1.47. The molecule has 5 heteroatoms. The summed E-state index contributed by atoms with van der Waals surface area (Å²) in [5.74, 6) is -0.115. The van der Waals surface area contributed by atoms with Crippen LogP contribution >= 0.6 is 0 Å². The van der Waals surface area contributed by atoms with E-state index in [9.17, 15) is 9.59 Å². The lowest BCUT2D eigenvalue weighted by atomic mass is 9.77. The number of rotatable bonds is 4. The molecule has 0 radical (unpaired) electrons. The van der Waals surface area contributed by atoms with Crippen molar-refractivity contribution in [2.75, 3.05) is 20.6 Å². The van der Waals surface area contributed by atoms with Crippen LogP contribution in [0.25, 0.3) is 0 Å². The number of carbonyl (C=O) groups excluding carboxylic acids is 2. The van der Waals surface area contributed by atoms with Crippen molar-refractivity contribution in [3.05, 3.63) is 0 Å². The van der Waals surface area contributed by atoms with E-state index >= 15 is 0 Å². The van der Waals surface area contributed by atoms with Gasteiger partial charge in [-0.15, -0.1) is 0 Å². The van der Waals surface area contributed by atoms with Crippen LogP contribution in [0.15, 0.2) is 0 Å². The van der Waals surface area contributed by atoms with Crippen LogP contribution in [0.2, 0.25) is 0 Å². The first-order valence-electron chi connectivity index (χ1n) is 5.23. The third-order valence-electron chi connectivity index (χ3n) is 2.82. The Labute approximate surface area is 90.0 Å². The summed E-state index contributed by atoms with van der Waals surface area (Å²) in [7, 11) is 3.39. The van der Waals surface area contributed by atoms with Gasteiger partial charge in [0.15, 0.2) is 0 Å². The van der Waals surface area contributed by atoms with Crippen LogP contribution in [0.3, 0.4) is 0 Å². The topological polar surface area (TPSA) is 75.4 Å². The molecule has 5 nitrogen and oxygen atoms in total. The fraction of sp³-hybridized carbons (Fsp3) is 0.800. The molecule has 0 bridgehead atoms. The molecule has 1 fully saturated rings. The Kier molecular flexibility index (Phi) is 3.68. The van der Waals surface area contributed by atoms with Crippen LogP contribution in [-0.2, 0) is 9.59 Å². The smallest absolute Gasteiger partial charge is 0.240 e. The normalized spacial score (nSPS) is 17.8. The van der Waals surface area contributed by atoms with Gasteiger partial charge in [-0.1, -0.05) is 0 Å². The minimum Gasteiger partial charge on any atom is -0.354 e. The molecule has 0 atom stereocenters. The fourth-order valence-electron chi connectivity index (χ4n) is 1.47. The predicted octanol–water partition coefficient (Wildman–Crippen LogP) is -0.538. The largest absolute Gasteiger partial charge is 0.354 e. The van der Waals surface area contributed by atoms with Gasteiger partial charge in [0.25, 0.3) is 0 Å². The van der Waals surface area contributed by atoms with E-state index in [4.69, 9.17) is 5.73 Å². The molecule has 0 spiro atoms. The summed E-state index contributed by atoms with van der Waals surface area (Å²) in [6.07, 6.45) is 2.84. The van der Waals surface area contributed by atoms with Crippen LogP contribution in [0.4, 0.5) is 0 Å². The molecule has 15 heavy (non-hydrogen) atoms. The molecule has 0 aliphatic heterocycles. The van der Waals surface area contributed by atoms with Gasteiger partial charge in [0.05, 0.1) is 5.54 Å². The summed E-state index contributed by atoms with van der Waals surface area (Å²) in [6, 6.07) is 0. The van der Waals surface area contributed by atoms with Gasteiger partial charge in [0, 0.05) is 27.1 Å². The second-order valence-electron chi connectivity index (χ2n) is 4.30. The van der Waals surface area contributed by atoms with E-state index < -0.39 is 5.54 Å². The van der Waals surface area contributed by atoms with Crippen molar-refractivity contribution in [1.82, 2.24) is 10.2 Å². The zero-order valence-corrected chi connectivity index (χ0v) is 9.38. The Morgan fingerprint density at radius 1 is 1.40 bits per heavy atom. The molecule has 1 aliphatic rings. The molecule has 3 N–H and O–H groups in total. The van der Waals surface area contributed by atoms with Crippen LogP contribution in [-0.4, -0.2) is 42.9 Å². The van der Waals surface area contributed by atoms with Crippen molar-refractivity contribution in [3.63, 3.8) is 0 Å². The maximum Gasteiger partial charge on any atom is 0.240 e. The second kappa shape index (κ2) is 4.61. The van der Waals surface area contributed by atoms with E-state index in [1.807, 2.05) is 0 Å². The standard InChI is InChI=1S/C10H19N3O2/c1-13(2)8(14)4-7-12-9(15)10(11)5-3-6-10/h3-7,11H2,1-2H3,(H,12,15). The van der Waals surface area contributed by atoms with Crippen molar-refractivity contribution >= 4 is 11.8 Å². The average molecular weight is 213 g/mol. The number of nitrogens with zero attached hydrogens (tertiary/aromatic N) is 1. The SMILES string of the molecule is CN(C)C(=O)CCNC(=O)C1(N)CCC1. The Morgan fingerprint density at radius 2 is 2.00 bits per heavy atom. The van der Waals surface area contributed by atoms with Gasteiger partial charge in [-0.2, -0.15) is 0 Å². The van der Waals surface area contributed by atoms with E-state index in [0.29, 0.717) is 13.0 Å². The number of nitrogens with one attached hydrogen (secondary N) is 1. The van der Waals surface area contributed by atoms with Gasteiger partial charge >= 0.3 is 0 Å². The monoisotopic (exact) mass is 213 g/mol. The molecule has 0 aromatic heterocycles. The van der Waals surface area contributed by atoms with Gasteiger partial charge in [-0.25, -0.2) is 0 Å². The Bertz CT molecular complexity index is 259. The van der Waals surface area contributed by atoms with Gasteiger partial charge in [-0.05, 0) is 19.3 Å². The number of carbonyl (C=O) groups is 2. The summed E-state index contributed by atoms with van der Waals surface area (Å²) in [5.41, 5.74) is 5.15. The van der Waals surface area contributed by atoms with E-state index in [1.54, 1.807) is 14.1 Å². The molecule has 2 amide bonds. The first kappa shape index (κ1) is 12.0. The molecule has 0 heterocycles. The molecule has 0 saturated heterocycles. The quantitative estimate of drug-likeness (QED) is 0.658. The molecule has 1 aliphatic carbocycles. The Hall–Kier alpha value is -1.10. The summed E-state index contributed by atoms with van der Waals surface area (Å²) >= 11 is 0. The summed E-state index contributed by atoms with van der Waals surface area (Å²) in [4.78, 5) is 24.2. The van der Waals surface area contributed by atoms with Crippen molar-refractivity contribution in [2.45, 2.75) is 31.2 Å². The van der Waals surface area contributed by atoms with Gasteiger partial charge in [0.2, 0.25) is 11.8 Å². The summed E-state index contributed by atoms with van der Waals surface area (Å²) < 4.78 is 0. The molecule has 0 unspecified atom stereocenters. The van der Waals surface area contributed by atoms with Crippen molar-refractivity contribution in [1.29, 1.82) is 0 Å². The minimum atomic E-state index is -0.666. The maximum atomic E-state index is 11.5. The third kappa shape index (κ3) is 2.92. The first-order chi connectivity index (χ1) is 6.96. The molecule has 1 saturated carbocycles. The highest BCUT2D eigenvalue weighted by Gasteiger charge is 2.39. The second-order valence-corrected chi connectivity index (χ2v) is 4.30. The highest BCUT2D eigenvalue weighted by atomic mass is 16.2. The summed E-state index contributed by atoms with van der Waals surface area (Å²) in [5, 5.41) is 2.70. The Morgan fingerprint density at radius 3 is 2.40 bits per heavy atom. The zero-order chi connectivity index (χ0) is 11.5. The molecular weight excluding hydrogens is 194 g/mol. The number of hydrogen-bond donors (Lipinski definition) is 2. The van der Waals surface area contributed by atoms with Gasteiger partial charge < -0.3 is 16.0 Å². The molecule has 86 valence electrons. The van der Waals surface area contributed by atoms with Crippen molar-refractivity contribution in [2.24, 2.45) is 5.73 Å². The first-order valence-corrected chi connectivity index (χ1v) is 5.23. The number of hydrogen-bond acceptors (Lipinski definition) is 3. The predicted molar refractivity (Wildman–Crippen MR) is 57.1 cm³/mol. The van der Waals surface area contributed by atoms with Crippen LogP contribution < -0.4 is 11.1 Å². The molecular formula is C10H19N3O2. The van der Waals surface area contributed by atoms with E-state index in [-0.39, 0.29) is 11.8 Å². The molecule has 1 rings (SSSR count). The lowest BCUT2D eigenvalue weighted by Gasteiger charge is -2.36. The lowest BCUT2D eigenvalue weighted by Crippen LogP contribution is -2.58. The van der Waals surface area contributed by atoms with Crippen molar-refractivity contribution in [3.8, 4) is 0 Å². The Balaban J connectivity index is 2.20. The number of nitrogens with two attached hydrogens (primary N) is 1. The third-order valence-corrected chi connectivity index (χ3v) is 2.82. The molecule has 0 aromatic rings. The van der Waals surface area contributed by atoms with E-state index in [1.165, 1.54) is 4.90 Å². The minimum absolute atomic E-state index is 0.00924. The average Bonchev–Trinajstić information content (AvgIpc) is 2.13. The highest BCUT2D eigenvalue weighted by molar-refractivity contribution is 5.87. The van der Waals surface area contributed by atoms with Crippen LogP contribution in [0, 0.1) is 0 Å². The van der Waals surface area contributed by atoms with E-state index in [2.05, 4.69) is 5.32 Å². The van der Waals surface area contributed by atoms with Crippen LogP contribution in [0.1, 0.15) is 25.7 Å². The summed E-state index contributed by atoms with van der Waals surface area (Å²) in [6.45, 7) is 0.370.